The van der Waals surface area contributed by atoms with Gasteiger partial charge >= 0.3 is 0 Å². The van der Waals surface area contributed by atoms with E-state index in [4.69, 9.17) is 0 Å². The predicted octanol–water partition coefficient (Wildman–Crippen LogP) is 2.59. The molecule has 1 saturated carbocycles. The zero-order valence-electron chi connectivity index (χ0n) is 13.4. The van der Waals surface area contributed by atoms with Gasteiger partial charge in [-0.05, 0) is 32.6 Å². The van der Waals surface area contributed by atoms with Crippen LogP contribution in [0.1, 0.15) is 74.5 Å². The summed E-state index contributed by atoms with van der Waals surface area (Å²) in [7, 11) is 0. The van der Waals surface area contributed by atoms with Gasteiger partial charge in [-0.3, -0.25) is 9.48 Å². The molecule has 5 nitrogen and oxygen atoms in total. The highest BCUT2D eigenvalue weighted by atomic mass is 16.3. The lowest BCUT2D eigenvalue weighted by Crippen LogP contribution is -2.40. The highest BCUT2D eigenvalue weighted by molar-refractivity contribution is 5.95. The number of nitrogens with one attached hydrogen (secondary N) is 1. The summed E-state index contributed by atoms with van der Waals surface area (Å²) in [5, 5.41) is 17.5. The third kappa shape index (κ3) is 3.46. The number of carbonyl (C=O) groups is 1. The maximum atomic E-state index is 12.3. The molecule has 1 aliphatic rings. The van der Waals surface area contributed by atoms with E-state index >= 15 is 0 Å². The summed E-state index contributed by atoms with van der Waals surface area (Å²) in [6.07, 6.45) is 7.27. The molecule has 2 rings (SSSR count). The molecule has 5 heteroatoms. The first-order valence-corrected chi connectivity index (χ1v) is 8.05. The minimum absolute atomic E-state index is 0.134. The van der Waals surface area contributed by atoms with Crippen LogP contribution in [0.3, 0.4) is 0 Å². The van der Waals surface area contributed by atoms with Crippen molar-refractivity contribution in [2.45, 2.75) is 70.9 Å². The number of amides is 1. The van der Waals surface area contributed by atoms with Crippen LogP contribution in [-0.2, 0) is 0 Å². The average Bonchev–Trinajstić information content (AvgIpc) is 3.06. The van der Waals surface area contributed by atoms with Gasteiger partial charge in [0.25, 0.3) is 5.91 Å². The Bertz CT molecular complexity index is 486. The van der Waals surface area contributed by atoms with Crippen LogP contribution < -0.4 is 5.32 Å². The Labute approximate surface area is 126 Å². The smallest absolute Gasteiger partial charge is 0.254 e. The van der Waals surface area contributed by atoms with Gasteiger partial charge in [-0.2, -0.15) is 5.10 Å². The van der Waals surface area contributed by atoms with Crippen molar-refractivity contribution in [3.63, 3.8) is 0 Å². The standard InChI is InChI=1S/C16H27N3O2/c1-4-13(5-2)19-12(3)14(10-18-19)15(20)17-11-16(21)8-6-7-9-16/h10,13,21H,4-9,11H2,1-3H3,(H,17,20). The maximum Gasteiger partial charge on any atom is 0.254 e. The Hall–Kier alpha value is -1.36. The number of aliphatic hydroxyl groups is 1. The van der Waals surface area contributed by atoms with Gasteiger partial charge in [-0.15, -0.1) is 0 Å². The van der Waals surface area contributed by atoms with Gasteiger partial charge in [-0.25, -0.2) is 0 Å². The Morgan fingerprint density at radius 1 is 1.43 bits per heavy atom. The van der Waals surface area contributed by atoms with Gasteiger partial charge in [0.15, 0.2) is 0 Å². The van der Waals surface area contributed by atoms with Crippen molar-refractivity contribution in [1.29, 1.82) is 0 Å². The zero-order chi connectivity index (χ0) is 15.5. The number of rotatable bonds is 6. The van der Waals surface area contributed by atoms with E-state index in [1.165, 1.54) is 0 Å². The molecule has 0 bridgehead atoms. The second kappa shape index (κ2) is 6.60. The lowest BCUT2D eigenvalue weighted by Gasteiger charge is -2.22. The fraction of sp³-hybridized carbons (Fsp3) is 0.750. The summed E-state index contributed by atoms with van der Waals surface area (Å²) in [6, 6.07) is 0.338. The molecule has 1 fully saturated rings. The van der Waals surface area contributed by atoms with E-state index in [0.29, 0.717) is 18.2 Å². The summed E-state index contributed by atoms with van der Waals surface area (Å²) in [4.78, 5) is 12.3. The summed E-state index contributed by atoms with van der Waals surface area (Å²) >= 11 is 0. The molecule has 1 aliphatic carbocycles. The fourth-order valence-corrected chi connectivity index (χ4v) is 3.20. The van der Waals surface area contributed by atoms with E-state index in [1.54, 1.807) is 6.20 Å². The van der Waals surface area contributed by atoms with Gasteiger partial charge in [0.05, 0.1) is 23.4 Å². The molecule has 118 valence electrons. The van der Waals surface area contributed by atoms with Gasteiger partial charge in [0.2, 0.25) is 0 Å². The van der Waals surface area contributed by atoms with Gasteiger partial charge < -0.3 is 10.4 Å². The summed E-state index contributed by atoms with van der Waals surface area (Å²) in [5.41, 5.74) is 0.803. The molecule has 0 atom stereocenters. The molecular formula is C16H27N3O2. The van der Waals surface area contributed by atoms with E-state index in [1.807, 2.05) is 11.6 Å². The number of hydrogen-bond acceptors (Lipinski definition) is 3. The normalized spacial score (nSPS) is 17.4. The first-order valence-electron chi connectivity index (χ1n) is 8.05. The van der Waals surface area contributed by atoms with Crippen molar-refractivity contribution in [3.8, 4) is 0 Å². The van der Waals surface area contributed by atoms with Crippen LogP contribution in [0.15, 0.2) is 6.20 Å². The third-order valence-corrected chi connectivity index (χ3v) is 4.69. The van der Waals surface area contributed by atoms with Crippen molar-refractivity contribution in [1.82, 2.24) is 15.1 Å². The highest BCUT2D eigenvalue weighted by Gasteiger charge is 2.31. The second-order valence-electron chi connectivity index (χ2n) is 6.17. The summed E-state index contributed by atoms with van der Waals surface area (Å²) in [6.45, 7) is 6.53. The number of carbonyl (C=O) groups excluding carboxylic acids is 1. The largest absolute Gasteiger partial charge is 0.388 e. The van der Waals surface area contributed by atoms with E-state index < -0.39 is 5.60 Å². The lowest BCUT2D eigenvalue weighted by atomic mass is 10.0. The Morgan fingerprint density at radius 3 is 2.62 bits per heavy atom. The van der Waals surface area contributed by atoms with Crippen molar-refractivity contribution in [2.75, 3.05) is 6.54 Å². The van der Waals surface area contributed by atoms with E-state index in [0.717, 1.165) is 44.2 Å². The molecule has 1 amide bonds. The van der Waals surface area contributed by atoms with Gasteiger partial charge in [-0.1, -0.05) is 26.7 Å². The monoisotopic (exact) mass is 293 g/mol. The molecule has 1 heterocycles. The second-order valence-corrected chi connectivity index (χ2v) is 6.17. The van der Waals surface area contributed by atoms with Crippen LogP contribution in [0.2, 0.25) is 0 Å². The molecule has 0 unspecified atom stereocenters. The molecular weight excluding hydrogens is 266 g/mol. The van der Waals surface area contributed by atoms with Crippen molar-refractivity contribution >= 4 is 5.91 Å². The average molecular weight is 293 g/mol. The topological polar surface area (TPSA) is 67.2 Å². The summed E-state index contributed by atoms with van der Waals surface area (Å²) in [5.74, 6) is -0.134. The van der Waals surface area contributed by atoms with E-state index in [9.17, 15) is 9.90 Å². The third-order valence-electron chi connectivity index (χ3n) is 4.69. The van der Waals surface area contributed by atoms with Crippen LogP contribution in [0, 0.1) is 6.92 Å². The molecule has 0 aliphatic heterocycles. The molecule has 0 radical (unpaired) electrons. The van der Waals surface area contributed by atoms with Crippen molar-refractivity contribution < 1.29 is 9.90 Å². The van der Waals surface area contributed by atoms with Crippen molar-refractivity contribution in [3.05, 3.63) is 17.5 Å². The van der Waals surface area contributed by atoms with Gasteiger partial charge in [0.1, 0.15) is 0 Å². The Balaban J connectivity index is 2.03. The highest BCUT2D eigenvalue weighted by Crippen LogP contribution is 2.28. The Kier molecular flexibility index (Phi) is 5.04. The van der Waals surface area contributed by atoms with Crippen molar-refractivity contribution in [2.24, 2.45) is 0 Å². The first kappa shape index (κ1) is 16.0. The van der Waals surface area contributed by atoms with Crippen LogP contribution in [0.25, 0.3) is 0 Å². The Morgan fingerprint density at radius 2 is 2.05 bits per heavy atom. The molecule has 1 aromatic heterocycles. The summed E-state index contributed by atoms with van der Waals surface area (Å²) < 4.78 is 1.94. The van der Waals surface area contributed by atoms with Crippen LogP contribution in [0.4, 0.5) is 0 Å². The fourth-order valence-electron chi connectivity index (χ4n) is 3.20. The zero-order valence-corrected chi connectivity index (χ0v) is 13.4. The maximum absolute atomic E-state index is 12.3. The van der Waals surface area contributed by atoms with Crippen LogP contribution >= 0.6 is 0 Å². The van der Waals surface area contributed by atoms with E-state index in [-0.39, 0.29) is 5.91 Å². The number of aromatic nitrogens is 2. The minimum atomic E-state index is -0.713. The lowest BCUT2D eigenvalue weighted by molar-refractivity contribution is 0.0449. The molecule has 0 spiro atoms. The predicted molar refractivity (Wildman–Crippen MR) is 82.3 cm³/mol. The van der Waals surface area contributed by atoms with E-state index in [2.05, 4.69) is 24.3 Å². The quantitative estimate of drug-likeness (QED) is 0.847. The molecule has 1 aromatic rings. The number of nitrogens with zero attached hydrogens (tertiary/aromatic N) is 2. The molecule has 0 aromatic carbocycles. The molecule has 0 saturated heterocycles. The first-order chi connectivity index (χ1) is 10.0. The van der Waals surface area contributed by atoms with Crippen LogP contribution in [0.5, 0.6) is 0 Å². The SMILES string of the molecule is CCC(CC)n1ncc(C(=O)NCC2(O)CCCC2)c1C. The molecule has 2 N–H and O–H groups in total. The number of hydrogen-bond donors (Lipinski definition) is 2. The van der Waals surface area contributed by atoms with Gasteiger partial charge in [0, 0.05) is 12.2 Å². The minimum Gasteiger partial charge on any atom is -0.388 e. The molecule has 21 heavy (non-hydrogen) atoms. The van der Waals surface area contributed by atoms with Crippen LogP contribution in [-0.4, -0.2) is 32.9 Å².